The molecule has 1 fully saturated rings. The lowest BCUT2D eigenvalue weighted by Gasteiger charge is -2.38. The Bertz CT molecular complexity index is 218. The molecule has 0 radical (unpaired) electrons. The number of likely N-dealkylation sites (N-methyl/N-ethyl adjacent to an activating group) is 2. The van der Waals surface area contributed by atoms with E-state index >= 15 is 0 Å². The Kier molecular flexibility index (Phi) is 4.54. The average molecular weight is 213 g/mol. The first-order valence-corrected chi connectivity index (χ1v) is 5.80. The van der Waals surface area contributed by atoms with Gasteiger partial charge in [0.15, 0.2) is 0 Å². The van der Waals surface area contributed by atoms with Gasteiger partial charge in [-0.2, -0.15) is 0 Å². The highest BCUT2D eigenvalue weighted by Gasteiger charge is 2.27. The number of hydrogen-bond donors (Lipinski definition) is 1. The number of amides is 1. The predicted octanol–water partition coefficient (Wildman–Crippen LogP) is 0.276. The molecule has 2 atom stereocenters. The predicted molar refractivity (Wildman–Crippen MR) is 61.6 cm³/mol. The second-order valence-electron chi connectivity index (χ2n) is 4.47. The van der Waals surface area contributed by atoms with Crippen LogP contribution in [0.25, 0.3) is 0 Å². The van der Waals surface area contributed by atoms with Crippen LogP contribution >= 0.6 is 0 Å². The van der Waals surface area contributed by atoms with Crippen LogP contribution in [0, 0.1) is 0 Å². The molecule has 15 heavy (non-hydrogen) atoms. The van der Waals surface area contributed by atoms with E-state index in [0.717, 1.165) is 26.1 Å². The third kappa shape index (κ3) is 3.18. The first-order chi connectivity index (χ1) is 7.06. The smallest absolute Gasteiger partial charge is 0.239 e. The second kappa shape index (κ2) is 5.47. The standard InChI is InChI=1S/C11H23N3O/c1-4-14(11(15)9(2)12)10-6-5-7-13(3)8-10/h9-10H,4-8,12H2,1-3H3/t9-,10?/m0/s1. The zero-order valence-corrected chi connectivity index (χ0v) is 10.1. The zero-order chi connectivity index (χ0) is 11.4. The van der Waals surface area contributed by atoms with Crippen LogP contribution < -0.4 is 5.73 Å². The Hall–Kier alpha value is -0.610. The van der Waals surface area contributed by atoms with Crippen LogP contribution in [0.3, 0.4) is 0 Å². The first-order valence-electron chi connectivity index (χ1n) is 5.80. The molecule has 1 unspecified atom stereocenters. The molecule has 1 aliphatic rings. The second-order valence-corrected chi connectivity index (χ2v) is 4.47. The quantitative estimate of drug-likeness (QED) is 0.732. The van der Waals surface area contributed by atoms with Gasteiger partial charge in [-0.25, -0.2) is 0 Å². The zero-order valence-electron chi connectivity index (χ0n) is 10.1. The van der Waals surface area contributed by atoms with Crippen molar-refractivity contribution < 1.29 is 4.79 Å². The van der Waals surface area contributed by atoms with E-state index in [9.17, 15) is 4.79 Å². The van der Waals surface area contributed by atoms with Crippen molar-refractivity contribution in [2.24, 2.45) is 5.73 Å². The van der Waals surface area contributed by atoms with Gasteiger partial charge in [0, 0.05) is 19.1 Å². The fourth-order valence-electron chi connectivity index (χ4n) is 2.25. The molecule has 88 valence electrons. The van der Waals surface area contributed by atoms with Crippen LogP contribution in [0.5, 0.6) is 0 Å². The first kappa shape index (κ1) is 12.5. The number of piperidine rings is 1. The van der Waals surface area contributed by atoms with Gasteiger partial charge in [-0.05, 0) is 40.3 Å². The van der Waals surface area contributed by atoms with Crippen LogP contribution in [0.15, 0.2) is 0 Å². The molecule has 1 heterocycles. The summed E-state index contributed by atoms with van der Waals surface area (Å²) in [7, 11) is 2.11. The Labute approximate surface area is 92.4 Å². The lowest BCUT2D eigenvalue weighted by atomic mass is 10.0. The largest absolute Gasteiger partial charge is 0.337 e. The van der Waals surface area contributed by atoms with Gasteiger partial charge in [-0.1, -0.05) is 0 Å². The molecule has 0 aliphatic carbocycles. The van der Waals surface area contributed by atoms with E-state index < -0.39 is 0 Å². The minimum atomic E-state index is -0.378. The summed E-state index contributed by atoms with van der Waals surface area (Å²) in [6.07, 6.45) is 2.28. The van der Waals surface area contributed by atoms with E-state index in [4.69, 9.17) is 5.73 Å². The molecule has 4 heteroatoms. The molecular formula is C11H23N3O. The molecule has 0 aromatic rings. The lowest BCUT2D eigenvalue weighted by molar-refractivity contribution is -0.135. The van der Waals surface area contributed by atoms with Crippen LogP contribution in [0.1, 0.15) is 26.7 Å². The van der Waals surface area contributed by atoms with E-state index in [1.165, 1.54) is 6.42 Å². The number of nitrogens with zero attached hydrogens (tertiary/aromatic N) is 2. The van der Waals surface area contributed by atoms with E-state index in [2.05, 4.69) is 11.9 Å². The van der Waals surface area contributed by atoms with Crippen molar-refractivity contribution in [1.29, 1.82) is 0 Å². The third-order valence-electron chi connectivity index (χ3n) is 3.05. The topological polar surface area (TPSA) is 49.6 Å². The number of carbonyl (C=O) groups is 1. The van der Waals surface area contributed by atoms with Crippen molar-refractivity contribution in [3.63, 3.8) is 0 Å². The van der Waals surface area contributed by atoms with Crippen molar-refractivity contribution in [2.45, 2.75) is 38.8 Å². The van der Waals surface area contributed by atoms with Gasteiger partial charge in [-0.3, -0.25) is 4.79 Å². The van der Waals surface area contributed by atoms with Gasteiger partial charge in [0.1, 0.15) is 0 Å². The van der Waals surface area contributed by atoms with Gasteiger partial charge in [-0.15, -0.1) is 0 Å². The van der Waals surface area contributed by atoms with Crippen molar-refractivity contribution in [1.82, 2.24) is 9.80 Å². The minimum Gasteiger partial charge on any atom is -0.337 e. The molecule has 1 saturated heterocycles. The summed E-state index contributed by atoms with van der Waals surface area (Å²) in [6.45, 7) is 6.66. The lowest BCUT2D eigenvalue weighted by Crippen LogP contribution is -2.52. The fourth-order valence-corrected chi connectivity index (χ4v) is 2.25. The molecule has 1 rings (SSSR count). The SMILES string of the molecule is CCN(C(=O)[C@H](C)N)C1CCCN(C)C1. The van der Waals surface area contributed by atoms with Crippen LogP contribution in [0.4, 0.5) is 0 Å². The molecule has 0 bridgehead atoms. The van der Waals surface area contributed by atoms with Crippen LogP contribution in [0.2, 0.25) is 0 Å². The highest BCUT2D eigenvalue weighted by molar-refractivity contribution is 5.81. The molecular weight excluding hydrogens is 190 g/mol. The summed E-state index contributed by atoms with van der Waals surface area (Å²) in [6, 6.07) is -0.0237. The van der Waals surface area contributed by atoms with Gasteiger partial charge >= 0.3 is 0 Å². The monoisotopic (exact) mass is 213 g/mol. The molecule has 2 N–H and O–H groups in total. The summed E-state index contributed by atoms with van der Waals surface area (Å²) >= 11 is 0. The molecule has 4 nitrogen and oxygen atoms in total. The summed E-state index contributed by atoms with van der Waals surface area (Å²) in [5.74, 6) is 0.0813. The summed E-state index contributed by atoms with van der Waals surface area (Å²) < 4.78 is 0. The molecule has 0 saturated carbocycles. The number of rotatable bonds is 3. The minimum absolute atomic E-state index is 0.0813. The van der Waals surface area contributed by atoms with Gasteiger partial charge < -0.3 is 15.5 Å². The molecule has 1 aliphatic heterocycles. The normalized spacial score (nSPS) is 24.9. The van der Waals surface area contributed by atoms with E-state index in [1.54, 1.807) is 6.92 Å². The van der Waals surface area contributed by atoms with E-state index in [-0.39, 0.29) is 11.9 Å². The van der Waals surface area contributed by atoms with Crippen molar-refractivity contribution in [3.8, 4) is 0 Å². The average Bonchev–Trinajstić information content (AvgIpc) is 2.18. The van der Waals surface area contributed by atoms with Crippen molar-refractivity contribution in [3.05, 3.63) is 0 Å². The number of hydrogen-bond acceptors (Lipinski definition) is 3. The number of carbonyl (C=O) groups excluding carboxylic acids is 1. The van der Waals surface area contributed by atoms with Gasteiger partial charge in [0.05, 0.1) is 6.04 Å². The maximum absolute atomic E-state index is 11.9. The summed E-state index contributed by atoms with van der Waals surface area (Å²) in [5, 5.41) is 0. The molecule has 0 aromatic carbocycles. The number of likely N-dealkylation sites (tertiary alicyclic amines) is 1. The van der Waals surface area contributed by atoms with Gasteiger partial charge in [0.2, 0.25) is 5.91 Å². The van der Waals surface area contributed by atoms with E-state index in [1.807, 2.05) is 11.8 Å². The maximum atomic E-state index is 11.9. The summed E-state index contributed by atoms with van der Waals surface area (Å²) in [5.41, 5.74) is 5.65. The molecule has 0 spiro atoms. The Morgan fingerprint density at radius 3 is 2.80 bits per heavy atom. The Morgan fingerprint density at radius 1 is 1.67 bits per heavy atom. The van der Waals surface area contributed by atoms with Crippen LogP contribution in [-0.2, 0) is 4.79 Å². The molecule has 1 amide bonds. The maximum Gasteiger partial charge on any atom is 0.239 e. The Balaban J connectivity index is 2.61. The highest BCUT2D eigenvalue weighted by Crippen LogP contribution is 2.15. The molecule has 0 aromatic heterocycles. The van der Waals surface area contributed by atoms with Crippen molar-refractivity contribution >= 4 is 5.91 Å². The Morgan fingerprint density at radius 2 is 2.33 bits per heavy atom. The van der Waals surface area contributed by atoms with Crippen molar-refractivity contribution in [2.75, 3.05) is 26.7 Å². The van der Waals surface area contributed by atoms with Crippen LogP contribution in [-0.4, -0.2) is 54.5 Å². The summed E-state index contributed by atoms with van der Waals surface area (Å²) in [4.78, 5) is 16.1. The van der Waals surface area contributed by atoms with Gasteiger partial charge in [0.25, 0.3) is 0 Å². The highest BCUT2D eigenvalue weighted by atomic mass is 16.2. The number of nitrogens with two attached hydrogens (primary N) is 1. The third-order valence-corrected chi connectivity index (χ3v) is 3.05. The fraction of sp³-hybridized carbons (Fsp3) is 0.909. The van der Waals surface area contributed by atoms with E-state index in [0.29, 0.717) is 6.04 Å².